The van der Waals surface area contributed by atoms with E-state index >= 15 is 0 Å². The summed E-state index contributed by atoms with van der Waals surface area (Å²) in [6.45, 7) is 2.67. The highest BCUT2D eigenvalue weighted by Gasteiger charge is 2.15. The molecule has 0 spiro atoms. The normalized spacial score (nSPS) is 16.0. The molecule has 6 nitrogen and oxygen atoms in total. The molecule has 0 unspecified atom stereocenters. The third-order valence-corrected chi connectivity index (χ3v) is 3.46. The number of hydrogen-bond acceptors (Lipinski definition) is 5. The summed E-state index contributed by atoms with van der Waals surface area (Å²) in [5.41, 5.74) is 0.969. The Morgan fingerprint density at radius 2 is 2.26 bits per heavy atom. The second-order valence-electron chi connectivity index (χ2n) is 5.81. The Morgan fingerprint density at radius 3 is 3.00 bits per heavy atom. The predicted molar refractivity (Wildman–Crippen MR) is 88.2 cm³/mol. The Morgan fingerprint density at radius 1 is 1.48 bits per heavy atom. The minimum atomic E-state index is -0.101. The van der Waals surface area contributed by atoms with Crippen molar-refractivity contribution in [1.82, 2.24) is 15.2 Å². The maximum absolute atomic E-state index is 11.7. The first-order chi connectivity index (χ1) is 11.1. The fourth-order valence-corrected chi connectivity index (χ4v) is 2.21. The van der Waals surface area contributed by atoms with E-state index in [0.29, 0.717) is 12.4 Å². The van der Waals surface area contributed by atoms with E-state index in [2.05, 4.69) is 10.3 Å². The summed E-state index contributed by atoms with van der Waals surface area (Å²) in [5.74, 6) is 0.502. The molecule has 0 saturated carbocycles. The van der Waals surface area contributed by atoms with Crippen molar-refractivity contribution in [3.05, 3.63) is 36.0 Å². The summed E-state index contributed by atoms with van der Waals surface area (Å²) in [6, 6.07) is 3.75. The summed E-state index contributed by atoms with van der Waals surface area (Å²) in [5, 5.41) is 2.86. The monoisotopic (exact) mass is 319 g/mol. The minimum absolute atomic E-state index is 0.101. The van der Waals surface area contributed by atoms with E-state index in [1.165, 1.54) is 0 Å². The smallest absolute Gasteiger partial charge is 0.243 e. The topological polar surface area (TPSA) is 63.7 Å². The molecule has 2 rings (SSSR count). The molecule has 23 heavy (non-hydrogen) atoms. The fourth-order valence-electron chi connectivity index (χ4n) is 2.21. The lowest BCUT2D eigenvalue weighted by atomic mass is 10.1. The van der Waals surface area contributed by atoms with Crippen LogP contribution in [0.15, 0.2) is 30.5 Å². The summed E-state index contributed by atoms with van der Waals surface area (Å²) < 4.78 is 11.2. The van der Waals surface area contributed by atoms with E-state index in [1.807, 2.05) is 37.2 Å². The highest BCUT2D eigenvalue weighted by atomic mass is 16.5. The van der Waals surface area contributed by atoms with Crippen molar-refractivity contribution in [2.75, 3.05) is 33.9 Å². The zero-order valence-electron chi connectivity index (χ0n) is 13.8. The fraction of sp³-hybridized carbons (Fsp3) is 0.529. The van der Waals surface area contributed by atoms with Gasteiger partial charge >= 0.3 is 0 Å². The van der Waals surface area contributed by atoms with Gasteiger partial charge in [-0.1, -0.05) is 6.08 Å². The van der Waals surface area contributed by atoms with Crippen molar-refractivity contribution in [3.8, 4) is 5.88 Å². The van der Waals surface area contributed by atoms with Crippen LogP contribution in [0.3, 0.4) is 0 Å². The van der Waals surface area contributed by atoms with Crippen LogP contribution in [0, 0.1) is 0 Å². The van der Waals surface area contributed by atoms with Gasteiger partial charge in [-0.15, -0.1) is 0 Å². The van der Waals surface area contributed by atoms with E-state index in [4.69, 9.17) is 9.47 Å². The molecule has 0 atom stereocenters. The van der Waals surface area contributed by atoms with Gasteiger partial charge in [0, 0.05) is 44.3 Å². The van der Waals surface area contributed by atoms with Crippen molar-refractivity contribution in [2.45, 2.75) is 25.5 Å². The highest BCUT2D eigenvalue weighted by Crippen LogP contribution is 2.16. The molecule has 1 aliphatic rings. The van der Waals surface area contributed by atoms with E-state index in [9.17, 15) is 4.79 Å². The van der Waals surface area contributed by atoms with Crippen LogP contribution in [-0.2, 0) is 16.1 Å². The number of likely N-dealkylation sites (N-methyl/N-ethyl adjacent to an activating group) is 1. The van der Waals surface area contributed by atoms with Gasteiger partial charge in [-0.05, 0) is 25.7 Å². The Kier molecular flexibility index (Phi) is 7.03. The standard InChI is InChI=1S/C17H25N3O3/c1-20(2)9-3-4-16(21)19-13-14-5-8-18-17(12-14)23-15-6-10-22-11-7-15/h3-5,8,12,15H,6-7,9-11,13H2,1-2H3,(H,19,21)/b4-3+. The van der Waals surface area contributed by atoms with E-state index in [1.54, 1.807) is 12.3 Å². The summed E-state index contributed by atoms with van der Waals surface area (Å²) in [6.07, 6.45) is 7.04. The lowest BCUT2D eigenvalue weighted by Crippen LogP contribution is -2.26. The Balaban J connectivity index is 1.80. The van der Waals surface area contributed by atoms with Crippen molar-refractivity contribution >= 4 is 5.91 Å². The molecule has 1 amide bonds. The van der Waals surface area contributed by atoms with Gasteiger partial charge in [0.05, 0.1) is 13.2 Å². The van der Waals surface area contributed by atoms with Gasteiger partial charge in [0.1, 0.15) is 6.10 Å². The quantitative estimate of drug-likeness (QED) is 0.769. The Bertz CT molecular complexity index is 526. The third-order valence-electron chi connectivity index (χ3n) is 3.46. The van der Waals surface area contributed by atoms with Gasteiger partial charge in [0.15, 0.2) is 0 Å². The molecule has 1 aromatic rings. The third kappa shape index (κ3) is 6.80. The van der Waals surface area contributed by atoms with Gasteiger partial charge in [-0.2, -0.15) is 0 Å². The Labute approximate surface area is 137 Å². The first-order valence-electron chi connectivity index (χ1n) is 7.92. The number of amides is 1. The molecule has 1 aliphatic heterocycles. The molecule has 0 radical (unpaired) electrons. The van der Waals surface area contributed by atoms with Gasteiger partial charge in [-0.25, -0.2) is 4.98 Å². The van der Waals surface area contributed by atoms with Crippen molar-refractivity contribution in [1.29, 1.82) is 0 Å². The molecule has 0 aliphatic carbocycles. The first kappa shape index (κ1) is 17.4. The maximum Gasteiger partial charge on any atom is 0.243 e. The number of carbonyl (C=O) groups is 1. The minimum Gasteiger partial charge on any atom is -0.474 e. The molecule has 0 aromatic carbocycles. The number of rotatable bonds is 7. The molecule has 1 saturated heterocycles. The Hall–Kier alpha value is -1.92. The highest BCUT2D eigenvalue weighted by molar-refractivity contribution is 5.87. The molecule has 1 N–H and O–H groups in total. The molecule has 0 bridgehead atoms. The molecule has 2 heterocycles. The van der Waals surface area contributed by atoms with Crippen LogP contribution in [0.5, 0.6) is 5.88 Å². The second kappa shape index (κ2) is 9.27. The average Bonchev–Trinajstić information content (AvgIpc) is 2.54. The molecular weight excluding hydrogens is 294 g/mol. The van der Waals surface area contributed by atoms with Crippen molar-refractivity contribution in [2.24, 2.45) is 0 Å². The van der Waals surface area contributed by atoms with Crippen LogP contribution in [0.4, 0.5) is 0 Å². The predicted octanol–water partition coefficient (Wildman–Crippen LogP) is 1.37. The van der Waals surface area contributed by atoms with Crippen LogP contribution < -0.4 is 10.1 Å². The van der Waals surface area contributed by atoms with Crippen LogP contribution in [0.25, 0.3) is 0 Å². The first-order valence-corrected chi connectivity index (χ1v) is 7.92. The SMILES string of the molecule is CN(C)C/C=C/C(=O)NCc1ccnc(OC2CCOCC2)c1. The molecule has 126 valence electrons. The van der Waals surface area contributed by atoms with Crippen LogP contribution in [0.1, 0.15) is 18.4 Å². The number of ether oxygens (including phenoxy) is 2. The number of aromatic nitrogens is 1. The number of nitrogens with one attached hydrogen (secondary N) is 1. The summed E-state index contributed by atoms with van der Waals surface area (Å²) in [4.78, 5) is 17.9. The number of carbonyl (C=O) groups excluding carboxylic acids is 1. The number of nitrogens with zero attached hydrogens (tertiary/aromatic N) is 2. The van der Waals surface area contributed by atoms with Gasteiger partial charge < -0.3 is 19.7 Å². The van der Waals surface area contributed by atoms with E-state index in [-0.39, 0.29) is 12.0 Å². The van der Waals surface area contributed by atoms with Crippen molar-refractivity contribution < 1.29 is 14.3 Å². The zero-order valence-corrected chi connectivity index (χ0v) is 13.8. The lowest BCUT2D eigenvalue weighted by Gasteiger charge is -2.22. The largest absolute Gasteiger partial charge is 0.474 e. The number of pyridine rings is 1. The summed E-state index contributed by atoms with van der Waals surface area (Å²) in [7, 11) is 3.92. The van der Waals surface area contributed by atoms with Crippen LogP contribution in [0.2, 0.25) is 0 Å². The zero-order chi connectivity index (χ0) is 16.5. The van der Waals surface area contributed by atoms with E-state index < -0.39 is 0 Å². The van der Waals surface area contributed by atoms with Gasteiger partial charge in [-0.3, -0.25) is 4.79 Å². The average molecular weight is 319 g/mol. The molecule has 1 fully saturated rings. The lowest BCUT2D eigenvalue weighted by molar-refractivity contribution is -0.116. The second-order valence-corrected chi connectivity index (χ2v) is 5.81. The molecule has 1 aromatic heterocycles. The maximum atomic E-state index is 11.7. The van der Waals surface area contributed by atoms with Gasteiger partial charge in [0.25, 0.3) is 0 Å². The van der Waals surface area contributed by atoms with E-state index in [0.717, 1.165) is 38.2 Å². The van der Waals surface area contributed by atoms with Gasteiger partial charge in [0.2, 0.25) is 11.8 Å². The van der Waals surface area contributed by atoms with Crippen molar-refractivity contribution in [3.63, 3.8) is 0 Å². The number of hydrogen-bond donors (Lipinski definition) is 1. The molecule has 6 heteroatoms. The molecular formula is C17H25N3O3. The van der Waals surface area contributed by atoms with Crippen LogP contribution in [-0.4, -0.2) is 55.7 Å². The summed E-state index contributed by atoms with van der Waals surface area (Å²) >= 11 is 0. The van der Waals surface area contributed by atoms with Crippen LogP contribution >= 0.6 is 0 Å².